The minimum Gasteiger partial charge on any atom is -0.472 e. The van der Waals surface area contributed by atoms with Crippen molar-refractivity contribution >= 4 is 11.6 Å². The molecule has 5 heteroatoms. The van der Waals surface area contributed by atoms with E-state index in [1.807, 2.05) is 43.3 Å². The maximum absolute atomic E-state index is 6.14. The number of aromatic nitrogens is 3. The molecule has 0 radical (unpaired) electrons. The van der Waals surface area contributed by atoms with E-state index in [1.165, 1.54) is 6.33 Å². The van der Waals surface area contributed by atoms with Gasteiger partial charge >= 0.3 is 0 Å². The molecule has 3 aromatic rings. The predicted octanol–water partition coefficient (Wildman–Crippen LogP) is 4.08. The van der Waals surface area contributed by atoms with E-state index in [2.05, 4.69) is 15.0 Å². The van der Waals surface area contributed by atoms with Gasteiger partial charge in [0.05, 0.1) is 16.3 Å². The van der Waals surface area contributed by atoms with Crippen molar-refractivity contribution in [2.45, 2.75) is 13.5 Å². The molecule has 0 unspecified atom stereocenters. The maximum Gasteiger partial charge on any atom is 0.224 e. The first-order valence-corrected chi connectivity index (χ1v) is 7.21. The molecule has 2 aromatic heterocycles. The Labute approximate surface area is 133 Å². The molecule has 0 aliphatic heterocycles. The molecule has 4 nitrogen and oxygen atoms in total. The summed E-state index contributed by atoms with van der Waals surface area (Å²) in [4.78, 5) is 12.6. The summed E-state index contributed by atoms with van der Waals surface area (Å²) < 4.78 is 5.83. The Morgan fingerprint density at radius 3 is 2.68 bits per heavy atom. The van der Waals surface area contributed by atoms with E-state index < -0.39 is 0 Å². The molecule has 1 aromatic carbocycles. The molecule has 0 atom stereocenters. The van der Waals surface area contributed by atoms with Crippen molar-refractivity contribution < 1.29 is 4.74 Å². The number of ether oxygens (including phenoxy) is 1. The van der Waals surface area contributed by atoms with Crippen LogP contribution in [0.5, 0.6) is 5.88 Å². The third kappa shape index (κ3) is 3.23. The largest absolute Gasteiger partial charge is 0.472 e. The molecule has 0 amide bonds. The molecule has 0 bridgehead atoms. The summed E-state index contributed by atoms with van der Waals surface area (Å²) in [6, 6.07) is 11.8. The normalized spacial score (nSPS) is 10.5. The fourth-order valence-corrected chi connectivity index (χ4v) is 2.18. The Bertz CT molecular complexity index is 778. The van der Waals surface area contributed by atoms with E-state index in [0.717, 1.165) is 22.4 Å². The van der Waals surface area contributed by atoms with Gasteiger partial charge in [0.2, 0.25) is 5.88 Å². The molecule has 0 saturated heterocycles. The zero-order valence-electron chi connectivity index (χ0n) is 12.0. The van der Waals surface area contributed by atoms with Gasteiger partial charge in [0.1, 0.15) is 12.9 Å². The summed E-state index contributed by atoms with van der Waals surface area (Å²) in [5.74, 6) is 0.514. The lowest BCUT2D eigenvalue weighted by Gasteiger charge is -2.10. The number of pyridine rings is 1. The highest BCUT2D eigenvalue weighted by atomic mass is 35.5. The highest BCUT2D eigenvalue weighted by Crippen LogP contribution is 2.29. The van der Waals surface area contributed by atoms with Gasteiger partial charge < -0.3 is 4.74 Å². The van der Waals surface area contributed by atoms with Crippen LogP contribution in [0.15, 0.2) is 55.1 Å². The SMILES string of the molecule is Cc1ncc(-c2cncnc2OCc2ccccc2)cc1Cl. The Morgan fingerprint density at radius 2 is 1.91 bits per heavy atom. The van der Waals surface area contributed by atoms with Crippen molar-refractivity contribution in [3.8, 4) is 17.0 Å². The lowest BCUT2D eigenvalue weighted by Crippen LogP contribution is -2.00. The molecule has 0 aliphatic carbocycles. The molecular formula is C17H14ClN3O. The smallest absolute Gasteiger partial charge is 0.224 e. The molecular weight excluding hydrogens is 298 g/mol. The van der Waals surface area contributed by atoms with Gasteiger partial charge in [-0.2, -0.15) is 0 Å². The van der Waals surface area contributed by atoms with Crippen LogP contribution in [0.3, 0.4) is 0 Å². The number of hydrogen-bond donors (Lipinski definition) is 0. The van der Waals surface area contributed by atoms with Gasteiger partial charge in [0.15, 0.2) is 0 Å². The van der Waals surface area contributed by atoms with Crippen molar-refractivity contribution in [2.75, 3.05) is 0 Å². The summed E-state index contributed by atoms with van der Waals surface area (Å²) in [6.07, 6.45) is 4.92. The lowest BCUT2D eigenvalue weighted by atomic mass is 10.1. The molecule has 0 spiro atoms. The average molecular weight is 312 g/mol. The average Bonchev–Trinajstić information content (AvgIpc) is 2.57. The zero-order valence-corrected chi connectivity index (χ0v) is 12.8. The van der Waals surface area contributed by atoms with Crippen molar-refractivity contribution in [2.24, 2.45) is 0 Å². The van der Waals surface area contributed by atoms with Crippen LogP contribution in [-0.2, 0) is 6.61 Å². The molecule has 0 saturated carbocycles. The second-order valence-electron chi connectivity index (χ2n) is 4.81. The van der Waals surface area contributed by atoms with Gasteiger partial charge in [-0.1, -0.05) is 41.9 Å². The molecule has 2 heterocycles. The highest BCUT2D eigenvalue weighted by molar-refractivity contribution is 6.31. The Hall–Kier alpha value is -2.46. The highest BCUT2D eigenvalue weighted by Gasteiger charge is 2.10. The van der Waals surface area contributed by atoms with E-state index in [9.17, 15) is 0 Å². The predicted molar refractivity (Wildman–Crippen MR) is 85.8 cm³/mol. The van der Waals surface area contributed by atoms with Crippen molar-refractivity contribution in [1.82, 2.24) is 15.0 Å². The van der Waals surface area contributed by atoms with Crippen LogP contribution in [0.25, 0.3) is 11.1 Å². The quantitative estimate of drug-likeness (QED) is 0.728. The summed E-state index contributed by atoms with van der Waals surface area (Å²) in [5.41, 5.74) is 3.47. The van der Waals surface area contributed by atoms with Crippen LogP contribution in [0, 0.1) is 6.92 Å². The topological polar surface area (TPSA) is 47.9 Å². The third-order valence-corrected chi connectivity index (χ3v) is 3.61. The molecule has 0 fully saturated rings. The van der Waals surface area contributed by atoms with Crippen LogP contribution in [0.1, 0.15) is 11.3 Å². The monoisotopic (exact) mass is 311 g/mol. The number of rotatable bonds is 4. The van der Waals surface area contributed by atoms with Gasteiger partial charge in [-0.05, 0) is 18.6 Å². The zero-order chi connectivity index (χ0) is 15.4. The molecule has 3 rings (SSSR count). The maximum atomic E-state index is 6.14. The van der Waals surface area contributed by atoms with Crippen LogP contribution in [-0.4, -0.2) is 15.0 Å². The van der Waals surface area contributed by atoms with Gasteiger partial charge in [-0.3, -0.25) is 4.98 Å². The minimum atomic E-state index is 0.442. The van der Waals surface area contributed by atoms with Gasteiger partial charge in [0.25, 0.3) is 0 Å². The number of benzene rings is 1. The summed E-state index contributed by atoms with van der Waals surface area (Å²) in [6.45, 7) is 2.30. The Morgan fingerprint density at radius 1 is 1.09 bits per heavy atom. The number of nitrogens with zero attached hydrogens (tertiary/aromatic N) is 3. The first-order chi connectivity index (χ1) is 10.7. The minimum absolute atomic E-state index is 0.442. The lowest BCUT2D eigenvalue weighted by molar-refractivity contribution is 0.294. The summed E-state index contributed by atoms with van der Waals surface area (Å²) in [7, 11) is 0. The second kappa shape index (κ2) is 6.54. The summed E-state index contributed by atoms with van der Waals surface area (Å²) >= 11 is 6.14. The van der Waals surface area contributed by atoms with Gasteiger partial charge in [0, 0.05) is 18.0 Å². The Balaban J connectivity index is 1.88. The first-order valence-electron chi connectivity index (χ1n) is 6.83. The van der Waals surface area contributed by atoms with Gasteiger partial charge in [-0.15, -0.1) is 0 Å². The fourth-order valence-electron chi connectivity index (χ4n) is 2.01. The molecule has 110 valence electrons. The number of hydrogen-bond acceptors (Lipinski definition) is 4. The molecule has 22 heavy (non-hydrogen) atoms. The second-order valence-corrected chi connectivity index (χ2v) is 5.21. The van der Waals surface area contributed by atoms with Crippen LogP contribution >= 0.6 is 11.6 Å². The van der Waals surface area contributed by atoms with Crippen LogP contribution in [0.4, 0.5) is 0 Å². The molecule has 0 aliphatic rings. The Kier molecular flexibility index (Phi) is 4.30. The van der Waals surface area contributed by atoms with E-state index >= 15 is 0 Å². The van der Waals surface area contributed by atoms with E-state index in [0.29, 0.717) is 17.5 Å². The first kappa shape index (κ1) is 14.5. The summed E-state index contributed by atoms with van der Waals surface area (Å²) in [5, 5.41) is 0.607. The molecule has 0 N–H and O–H groups in total. The fraction of sp³-hybridized carbons (Fsp3) is 0.118. The van der Waals surface area contributed by atoms with Crippen LogP contribution in [0.2, 0.25) is 5.02 Å². The number of halogens is 1. The number of aryl methyl sites for hydroxylation is 1. The van der Waals surface area contributed by atoms with Crippen molar-refractivity contribution in [1.29, 1.82) is 0 Å². The van der Waals surface area contributed by atoms with E-state index in [-0.39, 0.29) is 0 Å². The van der Waals surface area contributed by atoms with E-state index in [1.54, 1.807) is 12.4 Å². The van der Waals surface area contributed by atoms with Crippen LogP contribution < -0.4 is 4.74 Å². The van der Waals surface area contributed by atoms with Gasteiger partial charge in [-0.25, -0.2) is 9.97 Å². The van der Waals surface area contributed by atoms with E-state index in [4.69, 9.17) is 16.3 Å². The third-order valence-electron chi connectivity index (χ3n) is 3.23. The standard InChI is InChI=1S/C17H14ClN3O/c1-12-16(18)7-14(8-20-12)15-9-19-11-21-17(15)22-10-13-5-3-2-4-6-13/h2-9,11H,10H2,1H3. The van der Waals surface area contributed by atoms with Crippen molar-refractivity contribution in [3.05, 3.63) is 71.4 Å². The van der Waals surface area contributed by atoms with Crippen molar-refractivity contribution in [3.63, 3.8) is 0 Å².